The van der Waals surface area contributed by atoms with Crippen LogP contribution in [0.3, 0.4) is 0 Å². The Morgan fingerprint density at radius 1 is 0.864 bits per heavy atom. The average Bonchev–Trinajstić information content (AvgIpc) is 3.23. The Kier molecular flexibility index (Phi) is 24.5. The highest BCUT2D eigenvalue weighted by Gasteiger charge is 2.46. The molecule has 1 aromatic carbocycles. The maximum absolute atomic E-state index is 12.6. The molecular weight excluding hydrogens is 554 g/mol. The number of benzene rings is 1. The third-order valence-corrected chi connectivity index (χ3v) is 7.22. The lowest BCUT2D eigenvalue weighted by atomic mass is 9.82. The molecule has 2 aliphatic rings. The first-order valence-corrected chi connectivity index (χ1v) is 17.0. The molecule has 0 spiro atoms. The third kappa shape index (κ3) is 17.7. The van der Waals surface area contributed by atoms with Gasteiger partial charge in [0, 0.05) is 23.6 Å². The van der Waals surface area contributed by atoms with E-state index in [1.54, 1.807) is 26.0 Å². The fraction of sp³-hybridized carbons (Fsp3) is 0.641. The SMILES string of the molecule is CCCC.CCCC.CCCC1(CCC)OC(=O)C(C)=C1C(C)=O.CCCC1=CCCC=C1.Cc1cccc(C(C)(F)F)c1. The highest BCUT2D eigenvalue weighted by molar-refractivity contribution is 6.07. The minimum Gasteiger partial charge on any atom is -0.451 e. The van der Waals surface area contributed by atoms with Crippen molar-refractivity contribution in [2.45, 2.75) is 165 Å². The zero-order valence-electron chi connectivity index (χ0n) is 30.0. The van der Waals surface area contributed by atoms with Crippen molar-refractivity contribution in [2.75, 3.05) is 0 Å². The van der Waals surface area contributed by atoms with E-state index in [4.69, 9.17) is 4.74 Å². The molecule has 44 heavy (non-hydrogen) atoms. The number of Topliss-reactive ketones (excluding diaryl/α,β-unsaturated/α-hetero) is 1. The van der Waals surface area contributed by atoms with E-state index in [0.29, 0.717) is 11.1 Å². The summed E-state index contributed by atoms with van der Waals surface area (Å²) in [5.41, 5.74) is 2.93. The third-order valence-electron chi connectivity index (χ3n) is 7.22. The smallest absolute Gasteiger partial charge is 0.335 e. The maximum Gasteiger partial charge on any atom is 0.335 e. The first kappa shape index (κ1) is 43.6. The molecule has 1 aromatic rings. The van der Waals surface area contributed by atoms with E-state index < -0.39 is 11.5 Å². The predicted molar refractivity (Wildman–Crippen MR) is 185 cm³/mol. The summed E-state index contributed by atoms with van der Waals surface area (Å²) in [6.07, 6.45) is 20.5. The van der Waals surface area contributed by atoms with Crippen LogP contribution in [0.15, 0.2) is 59.2 Å². The zero-order valence-corrected chi connectivity index (χ0v) is 30.0. The zero-order chi connectivity index (χ0) is 34.2. The largest absolute Gasteiger partial charge is 0.451 e. The Morgan fingerprint density at radius 3 is 1.75 bits per heavy atom. The minimum absolute atomic E-state index is 0.0368. The molecule has 252 valence electrons. The van der Waals surface area contributed by atoms with Crippen LogP contribution in [0.2, 0.25) is 0 Å². The van der Waals surface area contributed by atoms with Gasteiger partial charge in [0.1, 0.15) is 5.60 Å². The summed E-state index contributed by atoms with van der Waals surface area (Å²) >= 11 is 0. The highest BCUT2D eigenvalue weighted by Crippen LogP contribution is 2.40. The van der Waals surface area contributed by atoms with Gasteiger partial charge in [-0.1, -0.05) is 147 Å². The van der Waals surface area contributed by atoms with Crippen LogP contribution >= 0.6 is 0 Å². The molecule has 0 bridgehead atoms. The Hall–Kier alpha value is -2.56. The molecule has 1 aliphatic carbocycles. The summed E-state index contributed by atoms with van der Waals surface area (Å²) in [4.78, 5) is 23.3. The first-order chi connectivity index (χ1) is 20.7. The number of hydrogen-bond acceptors (Lipinski definition) is 3. The van der Waals surface area contributed by atoms with Gasteiger partial charge in [0.2, 0.25) is 0 Å². The fourth-order valence-electron chi connectivity index (χ4n) is 4.68. The molecule has 0 fully saturated rings. The van der Waals surface area contributed by atoms with E-state index in [1.807, 2.05) is 13.8 Å². The van der Waals surface area contributed by atoms with Crippen LogP contribution in [0.4, 0.5) is 8.78 Å². The molecule has 1 aliphatic heterocycles. The van der Waals surface area contributed by atoms with Crippen LogP contribution in [0.1, 0.15) is 157 Å². The maximum atomic E-state index is 12.6. The van der Waals surface area contributed by atoms with Crippen LogP contribution < -0.4 is 0 Å². The van der Waals surface area contributed by atoms with Crippen molar-refractivity contribution in [3.8, 4) is 0 Å². The van der Waals surface area contributed by atoms with E-state index in [1.165, 1.54) is 76.0 Å². The van der Waals surface area contributed by atoms with E-state index in [0.717, 1.165) is 38.2 Å². The van der Waals surface area contributed by atoms with Crippen LogP contribution in [-0.4, -0.2) is 17.4 Å². The van der Waals surface area contributed by atoms with Crippen molar-refractivity contribution in [2.24, 2.45) is 0 Å². The molecule has 3 nitrogen and oxygen atoms in total. The number of carbonyl (C=O) groups excluding carboxylic acids is 2. The van der Waals surface area contributed by atoms with Crippen molar-refractivity contribution in [1.82, 2.24) is 0 Å². The van der Waals surface area contributed by atoms with Gasteiger partial charge in [-0.25, -0.2) is 13.6 Å². The second-order valence-corrected chi connectivity index (χ2v) is 11.7. The van der Waals surface area contributed by atoms with E-state index >= 15 is 0 Å². The molecular formula is C39H64F2O3. The number of esters is 1. The molecule has 0 aromatic heterocycles. The van der Waals surface area contributed by atoms with Gasteiger partial charge < -0.3 is 4.74 Å². The monoisotopic (exact) mass is 618 g/mol. The summed E-state index contributed by atoms with van der Waals surface area (Å²) in [7, 11) is 0. The fourth-order valence-corrected chi connectivity index (χ4v) is 4.68. The van der Waals surface area contributed by atoms with Gasteiger partial charge >= 0.3 is 5.97 Å². The second-order valence-electron chi connectivity index (χ2n) is 11.7. The summed E-state index contributed by atoms with van der Waals surface area (Å²) in [5.74, 6) is -3.08. The number of allylic oxidation sites excluding steroid dienone is 4. The van der Waals surface area contributed by atoms with Crippen molar-refractivity contribution < 1.29 is 23.1 Å². The van der Waals surface area contributed by atoms with E-state index in [2.05, 4.69) is 52.8 Å². The second kappa shape index (κ2) is 24.7. The summed E-state index contributed by atoms with van der Waals surface area (Å²) in [6, 6.07) is 6.38. The normalized spacial score (nSPS) is 14.8. The number of halogens is 2. The van der Waals surface area contributed by atoms with E-state index in [-0.39, 0.29) is 17.3 Å². The molecule has 3 rings (SSSR count). The Labute approximate surface area is 269 Å². The van der Waals surface area contributed by atoms with Crippen molar-refractivity contribution >= 4 is 11.8 Å². The van der Waals surface area contributed by atoms with Crippen molar-refractivity contribution in [3.63, 3.8) is 0 Å². The quantitative estimate of drug-likeness (QED) is 0.245. The Bertz CT molecular complexity index is 1010. The molecule has 5 heteroatoms. The molecule has 0 amide bonds. The van der Waals surface area contributed by atoms with Gasteiger partial charge in [-0.05, 0) is 52.9 Å². The average molecular weight is 619 g/mol. The van der Waals surface area contributed by atoms with Crippen molar-refractivity contribution in [1.29, 1.82) is 0 Å². The van der Waals surface area contributed by atoms with Gasteiger partial charge in [-0.3, -0.25) is 4.79 Å². The predicted octanol–water partition coefficient (Wildman–Crippen LogP) is 12.6. The van der Waals surface area contributed by atoms with Gasteiger partial charge in [0.25, 0.3) is 5.92 Å². The number of unbranched alkanes of at least 4 members (excludes halogenated alkanes) is 2. The molecule has 0 saturated heterocycles. The van der Waals surface area contributed by atoms with Crippen LogP contribution in [-0.2, 0) is 20.2 Å². The summed E-state index contributed by atoms with van der Waals surface area (Å²) in [5, 5.41) is 0. The molecule has 0 radical (unpaired) electrons. The molecule has 0 atom stereocenters. The number of cyclic esters (lactones) is 1. The molecule has 0 unspecified atom stereocenters. The molecule has 0 N–H and O–H groups in total. The number of rotatable bonds is 10. The van der Waals surface area contributed by atoms with Crippen LogP contribution in [0.5, 0.6) is 0 Å². The van der Waals surface area contributed by atoms with Gasteiger partial charge in [-0.2, -0.15) is 0 Å². The number of ketones is 1. The first-order valence-electron chi connectivity index (χ1n) is 17.0. The van der Waals surface area contributed by atoms with Crippen LogP contribution in [0.25, 0.3) is 0 Å². The lowest BCUT2D eigenvalue weighted by molar-refractivity contribution is -0.148. The molecule has 0 saturated carbocycles. The summed E-state index contributed by atoms with van der Waals surface area (Å²) in [6.45, 7) is 20.9. The number of carbonyl (C=O) groups is 2. The Balaban J connectivity index is 0. The van der Waals surface area contributed by atoms with Crippen molar-refractivity contribution in [3.05, 3.63) is 70.3 Å². The lowest BCUT2D eigenvalue weighted by Crippen LogP contribution is -2.34. The number of aryl methyl sites for hydroxylation is 1. The lowest BCUT2D eigenvalue weighted by Gasteiger charge is -2.29. The number of hydrogen-bond donors (Lipinski definition) is 0. The van der Waals surface area contributed by atoms with E-state index in [9.17, 15) is 18.4 Å². The van der Waals surface area contributed by atoms with Crippen LogP contribution in [0, 0.1) is 6.92 Å². The molecule has 1 heterocycles. The Morgan fingerprint density at radius 2 is 1.41 bits per heavy atom. The van der Waals surface area contributed by atoms with Gasteiger partial charge in [0.05, 0.1) is 0 Å². The number of alkyl halides is 2. The summed E-state index contributed by atoms with van der Waals surface area (Å²) < 4.78 is 30.8. The van der Waals surface area contributed by atoms with Gasteiger partial charge in [-0.15, -0.1) is 0 Å². The minimum atomic E-state index is -2.72. The van der Waals surface area contributed by atoms with Gasteiger partial charge in [0.15, 0.2) is 5.78 Å². The highest BCUT2D eigenvalue weighted by atomic mass is 19.3. The topological polar surface area (TPSA) is 43.4 Å². The standard InChI is InChI=1S/C13H20O3.C9H10F2.C9H14.2C4H10/c1-5-7-13(8-6-2)11(10(4)14)9(3)12(15)16-13;1-7-4-3-5-8(6-7)9(2,10)11;1-2-6-9-7-4-3-5-8-9;2*1-3-4-2/h5-8H2,1-4H3;3-6H,1-2H3;4,7-8H,2-3,5-6H2,1H3;2*3-4H2,1-2H3. The number of ether oxygens (including phenoxy) is 1.